The molecular weight excluding hydrogens is 300 g/mol. The van der Waals surface area contributed by atoms with Crippen molar-refractivity contribution in [1.29, 1.82) is 0 Å². The second-order valence-electron chi connectivity index (χ2n) is 4.81. The molecule has 0 spiro atoms. The Bertz CT molecular complexity index is 927. The van der Waals surface area contributed by atoms with Crippen LogP contribution >= 0.6 is 0 Å². The third-order valence-electron chi connectivity index (χ3n) is 3.51. The molecule has 23 heavy (non-hydrogen) atoms. The van der Waals surface area contributed by atoms with Gasteiger partial charge in [0.05, 0.1) is 14.2 Å². The van der Waals surface area contributed by atoms with Gasteiger partial charge in [0.25, 0.3) is 0 Å². The summed E-state index contributed by atoms with van der Waals surface area (Å²) >= 11 is 0. The van der Waals surface area contributed by atoms with Gasteiger partial charge >= 0.3 is 0 Å². The number of hydrogen-bond acceptors (Lipinski definition) is 6. The molecule has 0 aliphatic heterocycles. The van der Waals surface area contributed by atoms with E-state index in [0.717, 1.165) is 0 Å². The van der Waals surface area contributed by atoms with Gasteiger partial charge in [-0.1, -0.05) is 30.3 Å². The lowest BCUT2D eigenvalue weighted by Crippen LogP contribution is -2.04. The van der Waals surface area contributed by atoms with Crippen molar-refractivity contribution in [3.05, 3.63) is 46.6 Å². The molecule has 6 heteroatoms. The van der Waals surface area contributed by atoms with Crippen molar-refractivity contribution in [2.75, 3.05) is 14.2 Å². The lowest BCUT2D eigenvalue weighted by atomic mass is 10.1. The van der Waals surface area contributed by atoms with Gasteiger partial charge in [0, 0.05) is 11.6 Å². The number of hydrogen-bond donors (Lipinski definition) is 2. The molecule has 0 saturated heterocycles. The van der Waals surface area contributed by atoms with Crippen molar-refractivity contribution in [1.82, 2.24) is 0 Å². The Balaban J connectivity index is 2.41. The highest BCUT2D eigenvalue weighted by atomic mass is 16.5. The van der Waals surface area contributed by atoms with Gasteiger partial charge in [-0.3, -0.25) is 4.79 Å². The Morgan fingerprint density at radius 3 is 2.30 bits per heavy atom. The summed E-state index contributed by atoms with van der Waals surface area (Å²) in [6.45, 7) is 0. The van der Waals surface area contributed by atoms with Crippen LogP contribution < -0.4 is 14.9 Å². The molecular formula is C17H14O6. The first-order chi connectivity index (χ1) is 11.1. The third kappa shape index (κ3) is 2.24. The molecule has 0 saturated carbocycles. The summed E-state index contributed by atoms with van der Waals surface area (Å²) in [5, 5.41) is 20.3. The lowest BCUT2D eigenvalue weighted by Gasteiger charge is -2.12. The predicted octanol–water partition coefficient (Wildman–Crippen LogP) is 2.89. The predicted molar refractivity (Wildman–Crippen MR) is 84.4 cm³/mol. The number of methoxy groups -OCH3 is 2. The molecule has 0 bridgehead atoms. The number of rotatable bonds is 3. The molecule has 1 heterocycles. The summed E-state index contributed by atoms with van der Waals surface area (Å²) in [4.78, 5) is 12.4. The zero-order valence-electron chi connectivity index (χ0n) is 12.5. The summed E-state index contributed by atoms with van der Waals surface area (Å²) < 4.78 is 15.8. The molecule has 2 aromatic carbocycles. The summed E-state index contributed by atoms with van der Waals surface area (Å²) in [6.07, 6.45) is 0. The molecule has 2 N–H and O–H groups in total. The van der Waals surface area contributed by atoms with Crippen LogP contribution in [0.15, 0.2) is 45.6 Å². The first-order valence-corrected chi connectivity index (χ1v) is 6.77. The van der Waals surface area contributed by atoms with Crippen LogP contribution in [-0.4, -0.2) is 24.4 Å². The normalized spacial score (nSPS) is 10.7. The highest BCUT2D eigenvalue weighted by Gasteiger charge is 2.22. The topological polar surface area (TPSA) is 89.1 Å². The monoisotopic (exact) mass is 314 g/mol. The molecule has 0 aliphatic rings. The summed E-state index contributed by atoms with van der Waals surface area (Å²) in [5.41, 5.74) is -0.122. The van der Waals surface area contributed by atoms with Crippen LogP contribution in [0.3, 0.4) is 0 Å². The van der Waals surface area contributed by atoms with Crippen molar-refractivity contribution in [2.24, 2.45) is 0 Å². The van der Waals surface area contributed by atoms with Crippen molar-refractivity contribution < 1.29 is 24.1 Å². The van der Waals surface area contributed by atoms with E-state index in [9.17, 15) is 15.0 Å². The molecule has 3 rings (SSSR count). The van der Waals surface area contributed by atoms with Crippen molar-refractivity contribution in [3.63, 3.8) is 0 Å². The van der Waals surface area contributed by atoms with Gasteiger partial charge in [-0.15, -0.1) is 0 Å². The van der Waals surface area contributed by atoms with Crippen LogP contribution in [0.25, 0.3) is 22.3 Å². The first-order valence-electron chi connectivity index (χ1n) is 6.77. The minimum absolute atomic E-state index is 0.000777. The maximum atomic E-state index is 12.4. The minimum Gasteiger partial charge on any atom is -0.504 e. The molecule has 1 aromatic heterocycles. The van der Waals surface area contributed by atoms with Crippen LogP contribution in [0.2, 0.25) is 0 Å². The molecule has 0 unspecified atom stereocenters. The molecule has 0 radical (unpaired) electrons. The molecule has 118 valence electrons. The molecule has 0 atom stereocenters. The van der Waals surface area contributed by atoms with Crippen molar-refractivity contribution in [2.45, 2.75) is 0 Å². The van der Waals surface area contributed by atoms with Crippen molar-refractivity contribution >= 4 is 11.0 Å². The van der Waals surface area contributed by atoms with Crippen molar-refractivity contribution in [3.8, 4) is 34.3 Å². The van der Waals surface area contributed by atoms with Gasteiger partial charge in [0.2, 0.25) is 16.9 Å². The fraction of sp³-hybridized carbons (Fsp3) is 0.118. The zero-order chi connectivity index (χ0) is 16.6. The van der Waals surface area contributed by atoms with E-state index in [0.29, 0.717) is 5.56 Å². The molecule has 0 amide bonds. The third-order valence-corrected chi connectivity index (χ3v) is 3.51. The van der Waals surface area contributed by atoms with Crippen LogP contribution in [0.5, 0.6) is 23.0 Å². The summed E-state index contributed by atoms with van der Waals surface area (Å²) in [5.74, 6) is -0.782. The number of benzene rings is 2. The van der Waals surface area contributed by atoms with Gasteiger partial charge in [0.15, 0.2) is 17.3 Å². The van der Waals surface area contributed by atoms with Gasteiger partial charge in [-0.05, 0) is 0 Å². The molecule has 3 aromatic rings. The van der Waals surface area contributed by atoms with E-state index in [2.05, 4.69) is 0 Å². The SMILES string of the molecule is COc1cc2oc(-c3ccccc3)c(O)c(=O)c2c(O)c1OC. The van der Waals surface area contributed by atoms with Gasteiger partial charge < -0.3 is 24.1 Å². The fourth-order valence-corrected chi connectivity index (χ4v) is 2.42. The summed E-state index contributed by atoms with van der Waals surface area (Å²) in [7, 11) is 2.74. The number of aromatic hydroxyl groups is 2. The number of phenols is 1. The second-order valence-corrected chi connectivity index (χ2v) is 4.81. The van der Waals surface area contributed by atoms with Crippen LogP contribution in [0, 0.1) is 0 Å². The molecule has 0 aliphatic carbocycles. The second kappa shape index (κ2) is 5.57. The van der Waals surface area contributed by atoms with E-state index in [1.54, 1.807) is 30.3 Å². The minimum atomic E-state index is -0.747. The molecule has 6 nitrogen and oxygen atoms in total. The smallest absolute Gasteiger partial charge is 0.238 e. The maximum absolute atomic E-state index is 12.4. The fourth-order valence-electron chi connectivity index (χ4n) is 2.42. The summed E-state index contributed by atoms with van der Waals surface area (Å²) in [6, 6.07) is 10.1. The first kappa shape index (κ1) is 14.8. The van der Waals surface area contributed by atoms with Gasteiger partial charge in [-0.2, -0.15) is 0 Å². The van der Waals surface area contributed by atoms with E-state index >= 15 is 0 Å². The Morgan fingerprint density at radius 1 is 1.00 bits per heavy atom. The van der Waals surface area contributed by atoms with Gasteiger partial charge in [-0.25, -0.2) is 0 Å². The van der Waals surface area contributed by atoms with Crippen LogP contribution in [0.4, 0.5) is 0 Å². The highest BCUT2D eigenvalue weighted by molar-refractivity contribution is 5.91. The Labute approximate surface area is 131 Å². The largest absolute Gasteiger partial charge is 0.504 e. The quantitative estimate of drug-likeness (QED) is 0.772. The Kier molecular flexibility index (Phi) is 3.57. The Hall–Kier alpha value is -3.15. The maximum Gasteiger partial charge on any atom is 0.238 e. The van der Waals surface area contributed by atoms with Crippen LogP contribution in [0.1, 0.15) is 0 Å². The number of phenolic OH excluding ortho intramolecular Hbond substituents is 1. The average Bonchev–Trinajstić information content (AvgIpc) is 2.58. The van der Waals surface area contributed by atoms with E-state index in [1.165, 1.54) is 20.3 Å². The number of fused-ring (bicyclic) bond motifs is 1. The standard InChI is InChI=1S/C17H14O6/c1-21-11-8-10-12(14(19)17(11)22-2)13(18)15(20)16(23-10)9-6-4-3-5-7-9/h3-8,19-20H,1-2H3. The van der Waals surface area contributed by atoms with E-state index in [-0.39, 0.29) is 28.2 Å². The lowest BCUT2D eigenvalue weighted by molar-refractivity contribution is 0.334. The van der Waals surface area contributed by atoms with Crippen LogP contribution in [-0.2, 0) is 0 Å². The highest BCUT2D eigenvalue weighted by Crippen LogP contribution is 2.43. The van der Waals surface area contributed by atoms with Gasteiger partial charge in [0.1, 0.15) is 11.0 Å². The van der Waals surface area contributed by atoms with E-state index < -0.39 is 16.9 Å². The van der Waals surface area contributed by atoms with E-state index in [1.807, 2.05) is 0 Å². The average molecular weight is 314 g/mol. The Morgan fingerprint density at radius 2 is 1.70 bits per heavy atom. The molecule has 0 fully saturated rings. The number of ether oxygens (including phenoxy) is 2. The van der Waals surface area contributed by atoms with E-state index in [4.69, 9.17) is 13.9 Å². The zero-order valence-corrected chi connectivity index (χ0v) is 12.5.